The summed E-state index contributed by atoms with van der Waals surface area (Å²) in [5, 5.41) is 7.55. The summed E-state index contributed by atoms with van der Waals surface area (Å²) >= 11 is 3.20. The maximum Gasteiger partial charge on any atom is 0.215 e. The lowest BCUT2D eigenvalue weighted by atomic mass is 10.1. The van der Waals surface area contributed by atoms with Crippen LogP contribution < -0.4 is 0 Å². The standard InChI is InChI=1S/C10H9BrN4O/c1-6-3-4-12-5-7(6)9(16)8-10(11)13-14-15(8)2/h3-5H,1-2H3. The van der Waals surface area contributed by atoms with Crippen LogP contribution in [0.1, 0.15) is 21.6 Å². The number of carbonyl (C=O) groups is 1. The average Bonchev–Trinajstić information content (AvgIpc) is 2.58. The van der Waals surface area contributed by atoms with E-state index in [4.69, 9.17) is 0 Å². The molecule has 0 aliphatic carbocycles. The average molecular weight is 281 g/mol. The highest BCUT2D eigenvalue weighted by Gasteiger charge is 2.20. The van der Waals surface area contributed by atoms with Crippen molar-refractivity contribution in [2.45, 2.75) is 6.92 Å². The number of nitrogens with zero attached hydrogens (tertiary/aromatic N) is 4. The van der Waals surface area contributed by atoms with Gasteiger partial charge in [-0.1, -0.05) is 5.21 Å². The molecular formula is C10H9BrN4O. The topological polar surface area (TPSA) is 60.7 Å². The zero-order chi connectivity index (χ0) is 11.7. The van der Waals surface area contributed by atoms with Crippen LogP contribution in [0.5, 0.6) is 0 Å². The number of ketones is 1. The van der Waals surface area contributed by atoms with Gasteiger partial charge in [0.2, 0.25) is 5.78 Å². The minimum atomic E-state index is -0.134. The van der Waals surface area contributed by atoms with Crippen molar-refractivity contribution in [3.05, 3.63) is 39.9 Å². The second-order valence-electron chi connectivity index (χ2n) is 3.37. The third kappa shape index (κ3) is 1.76. The molecule has 6 heteroatoms. The summed E-state index contributed by atoms with van der Waals surface area (Å²) in [5.41, 5.74) is 1.87. The Morgan fingerprint density at radius 3 is 2.81 bits per heavy atom. The zero-order valence-corrected chi connectivity index (χ0v) is 10.4. The molecule has 0 N–H and O–H groups in total. The number of rotatable bonds is 2. The van der Waals surface area contributed by atoms with Gasteiger partial charge in [0.25, 0.3) is 0 Å². The van der Waals surface area contributed by atoms with Gasteiger partial charge in [0.05, 0.1) is 0 Å². The normalized spacial score (nSPS) is 10.4. The van der Waals surface area contributed by atoms with E-state index < -0.39 is 0 Å². The van der Waals surface area contributed by atoms with Gasteiger partial charge < -0.3 is 0 Å². The Balaban J connectivity index is 2.52. The van der Waals surface area contributed by atoms with Gasteiger partial charge in [-0.05, 0) is 34.5 Å². The first-order chi connectivity index (χ1) is 7.61. The van der Waals surface area contributed by atoms with Gasteiger partial charge in [-0.15, -0.1) is 5.10 Å². The number of carbonyl (C=O) groups excluding carboxylic acids is 1. The molecule has 0 amide bonds. The summed E-state index contributed by atoms with van der Waals surface area (Å²) in [4.78, 5) is 16.1. The molecule has 2 rings (SSSR count). The van der Waals surface area contributed by atoms with E-state index in [0.717, 1.165) is 5.56 Å². The van der Waals surface area contributed by atoms with E-state index in [1.54, 1.807) is 25.5 Å². The van der Waals surface area contributed by atoms with Crippen LogP contribution in [0.15, 0.2) is 23.1 Å². The maximum absolute atomic E-state index is 12.2. The van der Waals surface area contributed by atoms with Crippen LogP contribution >= 0.6 is 15.9 Å². The van der Waals surface area contributed by atoms with Gasteiger partial charge in [-0.25, -0.2) is 4.68 Å². The highest BCUT2D eigenvalue weighted by atomic mass is 79.9. The number of pyridine rings is 1. The molecule has 2 aromatic rings. The fourth-order valence-electron chi connectivity index (χ4n) is 1.40. The van der Waals surface area contributed by atoms with Crippen LogP contribution in [-0.2, 0) is 7.05 Å². The monoisotopic (exact) mass is 280 g/mol. The van der Waals surface area contributed by atoms with Crippen molar-refractivity contribution in [2.24, 2.45) is 7.05 Å². The van der Waals surface area contributed by atoms with E-state index in [2.05, 4.69) is 31.2 Å². The third-order valence-corrected chi connectivity index (χ3v) is 2.82. The first-order valence-electron chi connectivity index (χ1n) is 4.61. The first-order valence-corrected chi connectivity index (χ1v) is 5.41. The van der Waals surface area contributed by atoms with E-state index in [1.807, 2.05) is 6.92 Å². The second kappa shape index (κ2) is 4.13. The van der Waals surface area contributed by atoms with Crippen LogP contribution in [0, 0.1) is 6.92 Å². The lowest BCUT2D eigenvalue weighted by molar-refractivity contribution is 0.102. The SMILES string of the molecule is Cc1ccncc1C(=O)c1c(Br)nnn1C. The molecule has 0 aliphatic heterocycles. The highest BCUT2D eigenvalue weighted by molar-refractivity contribution is 9.10. The Hall–Kier alpha value is -1.56. The van der Waals surface area contributed by atoms with E-state index in [-0.39, 0.29) is 5.78 Å². The minimum Gasteiger partial charge on any atom is -0.287 e. The van der Waals surface area contributed by atoms with E-state index in [0.29, 0.717) is 15.9 Å². The van der Waals surface area contributed by atoms with Crippen LogP contribution in [0.25, 0.3) is 0 Å². The van der Waals surface area contributed by atoms with Crippen molar-refractivity contribution in [1.29, 1.82) is 0 Å². The maximum atomic E-state index is 12.2. The van der Waals surface area contributed by atoms with Crippen LogP contribution in [0.4, 0.5) is 0 Å². The summed E-state index contributed by atoms with van der Waals surface area (Å²) in [6.07, 6.45) is 3.21. The van der Waals surface area contributed by atoms with Crippen LogP contribution in [0.2, 0.25) is 0 Å². The van der Waals surface area contributed by atoms with Crippen molar-refractivity contribution in [1.82, 2.24) is 20.0 Å². The van der Waals surface area contributed by atoms with Gasteiger partial charge >= 0.3 is 0 Å². The molecule has 16 heavy (non-hydrogen) atoms. The molecule has 0 radical (unpaired) electrons. The van der Waals surface area contributed by atoms with E-state index in [1.165, 1.54) is 4.68 Å². The third-order valence-electron chi connectivity index (χ3n) is 2.28. The fraction of sp³-hybridized carbons (Fsp3) is 0.200. The molecule has 0 fully saturated rings. The lowest BCUT2D eigenvalue weighted by Gasteiger charge is -2.03. The Morgan fingerprint density at radius 2 is 2.25 bits per heavy atom. The van der Waals surface area contributed by atoms with Gasteiger partial charge in [0.1, 0.15) is 5.69 Å². The number of halogens is 1. The lowest BCUT2D eigenvalue weighted by Crippen LogP contribution is -2.10. The predicted molar refractivity (Wildman–Crippen MR) is 61.1 cm³/mol. The van der Waals surface area contributed by atoms with Gasteiger partial charge in [-0.2, -0.15) is 0 Å². The number of hydrogen-bond acceptors (Lipinski definition) is 4. The predicted octanol–water partition coefficient (Wildman–Crippen LogP) is 1.51. The molecule has 0 aliphatic rings. The van der Waals surface area contributed by atoms with Crippen molar-refractivity contribution >= 4 is 21.7 Å². The Morgan fingerprint density at radius 1 is 1.50 bits per heavy atom. The Kier molecular flexibility index (Phi) is 2.82. The molecule has 0 bridgehead atoms. The molecule has 0 saturated heterocycles. The molecule has 2 heterocycles. The molecule has 0 unspecified atom stereocenters. The van der Waals surface area contributed by atoms with E-state index in [9.17, 15) is 4.79 Å². The first kappa shape index (κ1) is 10.9. The van der Waals surface area contributed by atoms with Gasteiger partial charge in [0.15, 0.2) is 4.60 Å². The summed E-state index contributed by atoms with van der Waals surface area (Å²) < 4.78 is 1.89. The van der Waals surface area contributed by atoms with Gasteiger partial charge in [-0.3, -0.25) is 9.78 Å². The quantitative estimate of drug-likeness (QED) is 0.783. The summed E-state index contributed by atoms with van der Waals surface area (Å²) in [7, 11) is 1.68. The number of aromatic nitrogens is 4. The minimum absolute atomic E-state index is 0.134. The van der Waals surface area contributed by atoms with Crippen LogP contribution in [0.3, 0.4) is 0 Å². The molecule has 0 aromatic carbocycles. The molecular weight excluding hydrogens is 272 g/mol. The van der Waals surface area contributed by atoms with Crippen LogP contribution in [-0.4, -0.2) is 25.8 Å². The van der Waals surface area contributed by atoms with Crippen molar-refractivity contribution in [3.8, 4) is 0 Å². The van der Waals surface area contributed by atoms with Crippen molar-refractivity contribution in [2.75, 3.05) is 0 Å². The summed E-state index contributed by atoms with van der Waals surface area (Å²) in [5.74, 6) is -0.134. The van der Waals surface area contributed by atoms with Crippen molar-refractivity contribution in [3.63, 3.8) is 0 Å². The largest absolute Gasteiger partial charge is 0.287 e. The van der Waals surface area contributed by atoms with E-state index >= 15 is 0 Å². The molecule has 0 saturated carbocycles. The molecule has 82 valence electrons. The smallest absolute Gasteiger partial charge is 0.215 e. The number of aryl methyl sites for hydroxylation is 2. The molecule has 2 aromatic heterocycles. The molecule has 0 spiro atoms. The van der Waals surface area contributed by atoms with Gasteiger partial charge in [0, 0.05) is 25.0 Å². The molecule has 5 nitrogen and oxygen atoms in total. The Labute approximate surface area is 101 Å². The fourth-order valence-corrected chi connectivity index (χ4v) is 1.91. The second-order valence-corrected chi connectivity index (χ2v) is 4.12. The molecule has 0 atom stereocenters. The number of hydrogen-bond donors (Lipinski definition) is 0. The Bertz CT molecular complexity index is 530. The summed E-state index contributed by atoms with van der Waals surface area (Å²) in [6.45, 7) is 1.87. The zero-order valence-electron chi connectivity index (χ0n) is 8.81. The van der Waals surface area contributed by atoms with Crippen molar-refractivity contribution < 1.29 is 4.79 Å². The summed E-state index contributed by atoms with van der Waals surface area (Å²) in [6, 6.07) is 1.80. The highest BCUT2D eigenvalue weighted by Crippen LogP contribution is 2.18.